The Morgan fingerprint density at radius 3 is 2.67 bits per heavy atom. The van der Waals surface area contributed by atoms with E-state index in [9.17, 15) is 0 Å². The first-order valence-corrected chi connectivity index (χ1v) is 8.52. The van der Waals surface area contributed by atoms with Gasteiger partial charge >= 0.3 is 0 Å². The van der Waals surface area contributed by atoms with Gasteiger partial charge in [-0.1, -0.05) is 20.3 Å². The van der Waals surface area contributed by atoms with Crippen LogP contribution in [0.1, 0.15) is 38.4 Å². The van der Waals surface area contributed by atoms with E-state index < -0.39 is 0 Å². The minimum Gasteiger partial charge on any atom is -0.369 e. The van der Waals surface area contributed by atoms with Gasteiger partial charge in [0.2, 0.25) is 0 Å². The lowest BCUT2D eigenvalue weighted by atomic mass is 10.1. The molecule has 0 saturated carbocycles. The second-order valence-corrected chi connectivity index (χ2v) is 5.90. The van der Waals surface area contributed by atoms with Gasteiger partial charge in [-0.15, -0.1) is 0 Å². The molecule has 0 atom stereocenters. The molecule has 0 aliphatic carbocycles. The quantitative estimate of drug-likeness (QED) is 0.748. The number of nitrogens with one attached hydrogen (secondary N) is 1. The van der Waals surface area contributed by atoms with Crippen molar-refractivity contribution < 1.29 is 0 Å². The van der Waals surface area contributed by atoms with Gasteiger partial charge in [0.1, 0.15) is 5.82 Å². The molecule has 2 aromatic heterocycles. The molecule has 2 aromatic rings. The molecule has 21 heavy (non-hydrogen) atoms. The van der Waals surface area contributed by atoms with Crippen molar-refractivity contribution in [2.45, 2.75) is 40.0 Å². The van der Waals surface area contributed by atoms with Gasteiger partial charge < -0.3 is 5.32 Å². The second-order valence-electron chi connectivity index (χ2n) is 4.82. The Kier molecular flexibility index (Phi) is 5.90. The predicted molar refractivity (Wildman–Crippen MR) is 95.5 cm³/mol. The van der Waals surface area contributed by atoms with Gasteiger partial charge in [-0.25, -0.2) is 9.97 Å². The molecule has 0 bridgehead atoms. The zero-order valence-corrected chi connectivity index (χ0v) is 14.9. The Balaban J connectivity index is 2.57. The SMILES string of the molecule is CCCc1nc(-c2ccncc2CC)nc(NCC)c1I. The highest BCUT2D eigenvalue weighted by atomic mass is 127. The summed E-state index contributed by atoms with van der Waals surface area (Å²) in [5, 5.41) is 3.35. The number of nitrogens with zero attached hydrogens (tertiary/aromatic N) is 3. The van der Waals surface area contributed by atoms with Gasteiger partial charge in [-0.2, -0.15) is 0 Å². The van der Waals surface area contributed by atoms with Gasteiger partial charge in [0.15, 0.2) is 5.82 Å². The molecule has 0 aliphatic heterocycles. The molecule has 0 radical (unpaired) electrons. The van der Waals surface area contributed by atoms with Crippen LogP contribution in [0.3, 0.4) is 0 Å². The number of halogens is 1. The number of pyridine rings is 1. The molecular weight excluding hydrogens is 375 g/mol. The lowest BCUT2D eigenvalue weighted by molar-refractivity contribution is 0.866. The summed E-state index contributed by atoms with van der Waals surface area (Å²) in [5.41, 5.74) is 3.39. The van der Waals surface area contributed by atoms with Crippen LogP contribution in [-0.4, -0.2) is 21.5 Å². The number of hydrogen-bond acceptors (Lipinski definition) is 4. The van der Waals surface area contributed by atoms with Crippen LogP contribution in [0.5, 0.6) is 0 Å². The molecule has 0 amide bonds. The monoisotopic (exact) mass is 396 g/mol. The van der Waals surface area contributed by atoms with Gasteiger partial charge in [0.25, 0.3) is 0 Å². The average Bonchev–Trinajstić information content (AvgIpc) is 2.51. The molecule has 1 N–H and O–H groups in total. The summed E-state index contributed by atoms with van der Waals surface area (Å²) in [6, 6.07) is 2.01. The third-order valence-electron chi connectivity index (χ3n) is 3.28. The van der Waals surface area contributed by atoms with Crippen LogP contribution in [0.15, 0.2) is 18.5 Å². The number of hydrogen-bond donors (Lipinski definition) is 1. The Morgan fingerprint density at radius 2 is 2.00 bits per heavy atom. The van der Waals surface area contributed by atoms with Gasteiger partial charge in [-0.3, -0.25) is 4.98 Å². The highest BCUT2D eigenvalue weighted by Gasteiger charge is 2.14. The highest BCUT2D eigenvalue weighted by molar-refractivity contribution is 14.1. The van der Waals surface area contributed by atoms with Crippen molar-refractivity contribution in [1.82, 2.24) is 15.0 Å². The summed E-state index contributed by atoms with van der Waals surface area (Å²) >= 11 is 2.34. The molecule has 0 aromatic carbocycles. The summed E-state index contributed by atoms with van der Waals surface area (Å²) < 4.78 is 1.13. The molecule has 0 unspecified atom stereocenters. The third-order valence-corrected chi connectivity index (χ3v) is 4.41. The Morgan fingerprint density at radius 1 is 1.19 bits per heavy atom. The van der Waals surface area contributed by atoms with E-state index in [2.05, 4.69) is 53.7 Å². The molecule has 0 saturated heterocycles. The maximum absolute atomic E-state index is 4.80. The molecule has 2 rings (SSSR count). The minimum absolute atomic E-state index is 0.800. The standard InChI is InChI=1S/C16H21IN4/c1-4-7-13-14(17)16(19-6-3)21-15(20-13)12-8-9-18-10-11(12)5-2/h8-10H,4-7H2,1-3H3,(H,19,20,21). The molecular formula is C16H21IN4. The topological polar surface area (TPSA) is 50.7 Å². The molecule has 0 spiro atoms. The number of aromatic nitrogens is 3. The van der Waals surface area contributed by atoms with E-state index in [0.29, 0.717) is 0 Å². The van der Waals surface area contributed by atoms with E-state index >= 15 is 0 Å². The third kappa shape index (κ3) is 3.70. The Bertz CT molecular complexity index is 586. The zero-order valence-electron chi connectivity index (χ0n) is 12.8. The van der Waals surface area contributed by atoms with Crippen LogP contribution in [0.25, 0.3) is 11.4 Å². The fraction of sp³-hybridized carbons (Fsp3) is 0.438. The lowest BCUT2D eigenvalue weighted by Crippen LogP contribution is -2.08. The van der Waals surface area contributed by atoms with Crippen molar-refractivity contribution in [3.05, 3.63) is 33.3 Å². The van der Waals surface area contributed by atoms with Crippen molar-refractivity contribution in [2.75, 3.05) is 11.9 Å². The maximum Gasteiger partial charge on any atom is 0.162 e. The van der Waals surface area contributed by atoms with Crippen LogP contribution in [0.2, 0.25) is 0 Å². The van der Waals surface area contributed by atoms with E-state index in [4.69, 9.17) is 9.97 Å². The summed E-state index contributed by atoms with van der Waals surface area (Å²) in [6.07, 6.45) is 6.69. The van der Waals surface area contributed by atoms with E-state index in [1.807, 2.05) is 18.5 Å². The van der Waals surface area contributed by atoms with Crippen LogP contribution in [0, 0.1) is 3.57 Å². The summed E-state index contributed by atoms with van der Waals surface area (Å²) in [7, 11) is 0. The van der Waals surface area contributed by atoms with Crippen LogP contribution >= 0.6 is 22.6 Å². The molecule has 0 aliphatic rings. The maximum atomic E-state index is 4.80. The fourth-order valence-electron chi connectivity index (χ4n) is 2.23. The molecule has 2 heterocycles. The van der Waals surface area contributed by atoms with Crippen LogP contribution < -0.4 is 5.32 Å². The largest absolute Gasteiger partial charge is 0.369 e. The molecule has 0 fully saturated rings. The number of anilines is 1. The molecule has 112 valence electrons. The predicted octanol–water partition coefficient (Wildman–Crippen LogP) is 4.09. The summed E-state index contributed by atoms with van der Waals surface area (Å²) in [5.74, 6) is 1.74. The Labute approximate surface area is 140 Å². The average molecular weight is 396 g/mol. The van der Waals surface area contributed by atoms with Crippen molar-refractivity contribution >= 4 is 28.4 Å². The van der Waals surface area contributed by atoms with Gasteiger partial charge in [0.05, 0.1) is 9.26 Å². The van der Waals surface area contributed by atoms with Gasteiger partial charge in [0, 0.05) is 24.5 Å². The normalized spacial score (nSPS) is 10.7. The second kappa shape index (κ2) is 7.68. The molecule has 4 nitrogen and oxygen atoms in total. The van der Waals surface area contributed by atoms with Crippen molar-refractivity contribution in [2.24, 2.45) is 0 Å². The minimum atomic E-state index is 0.800. The first-order chi connectivity index (χ1) is 10.2. The van der Waals surface area contributed by atoms with E-state index in [1.54, 1.807) is 0 Å². The van der Waals surface area contributed by atoms with Gasteiger partial charge in [-0.05, 0) is 54.0 Å². The first-order valence-electron chi connectivity index (χ1n) is 7.44. The summed E-state index contributed by atoms with van der Waals surface area (Å²) in [4.78, 5) is 13.7. The first kappa shape index (κ1) is 16.1. The smallest absolute Gasteiger partial charge is 0.162 e. The Hall–Kier alpha value is -1.24. The van der Waals surface area contributed by atoms with E-state index in [-0.39, 0.29) is 0 Å². The fourth-order valence-corrected chi connectivity index (χ4v) is 2.93. The van der Waals surface area contributed by atoms with E-state index in [0.717, 1.165) is 52.3 Å². The lowest BCUT2D eigenvalue weighted by Gasteiger charge is -2.13. The van der Waals surface area contributed by atoms with Crippen LogP contribution in [-0.2, 0) is 12.8 Å². The van der Waals surface area contributed by atoms with E-state index in [1.165, 1.54) is 5.56 Å². The van der Waals surface area contributed by atoms with Crippen molar-refractivity contribution in [3.8, 4) is 11.4 Å². The van der Waals surface area contributed by atoms with Crippen molar-refractivity contribution in [1.29, 1.82) is 0 Å². The zero-order chi connectivity index (χ0) is 15.2. The van der Waals surface area contributed by atoms with Crippen molar-refractivity contribution in [3.63, 3.8) is 0 Å². The number of rotatable bonds is 6. The summed E-state index contributed by atoms with van der Waals surface area (Å²) in [6.45, 7) is 7.25. The number of aryl methyl sites for hydroxylation is 2. The highest BCUT2D eigenvalue weighted by Crippen LogP contribution is 2.26. The van der Waals surface area contributed by atoms with Crippen LogP contribution in [0.4, 0.5) is 5.82 Å². The molecule has 5 heteroatoms.